The van der Waals surface area contributed by atoms with E-state index in [1.54, 1.807) is 0 Å². The number of aromatic nitrogens is 1. The maximum Gasteiger partial charge on any atom is 0.416 e. The Hall–Kier alpha value is -2.96. The van der Waals surface area contributed by atoms with Crippen LogP contribution < -0.4 is 10.2 Å². The van der Waals surface area contributed by atoms with Crippen LogP contribution in [-0.4, -0.2) is 30.0 Å². The summed E-state index contributed by atoms with van der Waals surface area (Å²) in [6.45, 7) is 1.25. The highest BCUT2D eigenvalue weighted by Gasteiger charge is 2.31. The zero-order valence-electron chi connectivity index (χ0n) is 15.8. The van der Waals surface area contributed by atoms with Crippen molar-refractivity contribution in [3.8, 4) is 0 Å². The van der Waals surface area contributed by atoms with Crippen molar-refractivity contribution in [1.29, 1.82) is 0 Å². The van der Waals surface area contributed by atoms with E-state index in [0.717, 1.165) is 53.7 Å². The molecule has 1 fully saturated rings. The summed E-state index contributed by atoms with van der Waals surface area (Å²) in [4.78, 5) is 17.7. The lowest BCUT2D eigenvalue weighted by Crippen LogP contribution is -2.40. The van der Waals surface area contributed by atoms with Gasteiger partial charge in [0, 0.05) is 41.9 Å². The molecule has 1 amide bonds. The molecular weight excluding hydrogens is 379 g/mol. The Morgan fingerprint density at radius 2 is 1.90 bits per heavy atom. The van der Waals surface area contributed by atoms with E-state index in [9.17, 15) is 18.0 Å². The summed E-state index contributed by atoms with van der Waals surface area (Å²) < 4.78 is 38.3. The maximum atomic E-state index is 12.8. The average molecular weight is 401 g/mol. The lowest BCUT2D eigenvalue weighted by atomic mass is 10.1. The molecule has 152 valence electrons. The molecule has 29 heavy (non-hydrogen) atoms. The summed E-state index contributed by atoms with van der Waals surface area (Å²) in [6, 6.07) is 13.2. The number of hydrogen-bond donors (Lipinski definition) is 2. The standard InChI is InChI=1S/C22H22F3N3O/c23-22(24,25)16-7-9-17(10-8-16)28-11-3-4-18(28)14-27-21(29)12-15-13-26-20-6-2-1-5-19(15)20/h1-2,5-10,13,18,26H,3-4,11-12,14H2,(H,27,29). The lowest BCUT2D eigenvalue weighted by molar-refractivity contribution is -0.137. The van der Waals surface area contributed by atoms with Gasteiger partial charge in [0.15, 0.2) is 0 Å². The first-order chi connectivity index (χ1) is 13.9. The Morgan fingerprint density at radius 3 is 2.66 bits per heavy atom. The van der Waals surface area contributed by atoms with Crippen molar-refractivity contribution in [2.75, 3.05) is 18.0 Å². The first-order valence-corrected chi connectivity index (χ1v) is 9.67. The Labute approximate surface area is 166 Å². The number of nitrogens with zero attached hydrogens (tertiary/aromatic N) is 1. The fourth-order valence-electron chi connectivity index (χ4n) is 3.97. The van der Waals surface area contributed by atoms with Gasteiger partial charge in [0.1, 0.15) is 0 Å². The summed E-state index contributed by atoms with van der Waals surface area (Å²) in [7, 11) is 0. The van der Waals surface area contributed by atoms with Crippen LogP contribution >= 0.6 is 0 Å². The van der Waals surface area contributed by atoms with E-state index in [0.29, 0.717) is 6.54 Å². The second-order valence-corrected chi connectivity index (χ2v) is 7.37. The minimum Gasteiger partial charge on any atom is -0.367 e. The van der Waals surface area contributed by atoms with Crippen molar-refractivity contribution < 1.29 is 18.0 Å². The minimum atomic E-state index is -4.33. The third-order valence-electron chi connectivity index (χ3n) is 5.46. The number of aromatic amines is 1. The van der Waals surface area contributed by atoms with Gasteiger partial charge in [-0.3, -0.25) is 4.79 Å². The third-order valence-corrected chi connectivity index (χ3v) is 5.46. The van der Waals surface area contributed by atoms with Gasteiger partial charge in [-0.25, -0.2) is 0 Å². The van der Waals surface area contributed by atoms with Gasteiger partial charge in [0.25, 0.3) is 0 Å². The van der Waals surface area contributed by atoms with Crippen molar-refractivity contribution >= 4 is 22.5 Å². The highest BCUT2D eigenvalue weighted by Crippen LogP contribution is 2.32. The molecule has 4 nitrogen and oxygen atoms in total. The molecule has 0 saturated carbocycles. The minimum absolute atomic E-state index is 0.0611. The SMILES string of the molecule is O=C(Cc1c[nH]c2ccccc12)NCC1CCCN1c1ccc(C(F)(F)F)cc1. The second kappa shape index (κ2) is 7.81. The van der Waals surface area contributed by atoms with E-state index < -0.39 is 11.7 Å². The molecule has 0 radical (unpaired) electrons. The molecule has 0 spiro atoms. The van der Waals surface area contributed by atoms with Gasteiger partial charge >= 0.3 is 6.18 Å². The van der Waals surface area contributed by atoms with Crippen molar-refractivity contribution in [3.05, 3.63) is 65.9 Å². The largest absolute Gasteiger partial charge is 0.416 e. The topological polar surface area (TPSA) is 48.1 Å². The summed E-state index contributed by atoms with van der Waals surface area (Å²) in [5, 5.41) is 4.03. The van der Waals surface area contributed by atoms with Gasteiger partial charge in [-0.1, -0.05) is 18.2 Å². The molecule has 3 aromatic rings. The summed E-state index contributed by atoms with van der Waals surface area (Å²) in [5.74, 6) is -0.0611. The molecule has 0 aliphatic carbocycles. The van der Waals surface area contributed by atoms with Crippen LogP contribution in [0.3, 0.4) is 0 Å². The van der Waals surface area contributed by atoms with Crippen molar-refractivity contribution in [2.24, 2.45) is 0 Å². The van der Waals surface area contributed by atoms with E-state index in [2.05, 4.69) is 15.2 Å². The summed E-state index contributed by atoms with van der Waals surface area (Å²) >= 11 is 0. The van der Waals surface area contributed by atoms with Crippen LogP contribution in [0.4, 0.5) is 18.9 Å². The summed E-state index contributed by atoms with van der Waals surface area (Å²) in [5.41, 5.74) is 2.05. The maximum absolute atomic E-state index is 12.8. The smallest absolute Gasteiger partial charge is 0.367 e. The number of benzene rings is 2. The Kier molecular flexibility index (Phi) is 5.22. The molecule has 1 aliphatic heterocycles. The molecule has 1 atom stereocenters. The van der Waals surface area contributed by atoms with Crippen LogP contribution in [0.25, 0.3) is 10.9 Å². The fraction of sp³-hybridized carbons (Fsp3) is 0.318. The van der Waals surface area contributed by atoms with Crippen LogP contribution in [0, 0.1) is 0 Å². The highest BCUT2D eigenvalue weighted by molar-refractivity contribution is 5.88. The zero-order valence-corrected chi connectivity index (χ0v) is 15.8. The molecule has 2 heterocycles. The number of carbonyl (C=O) groups excluding carboxylic acids is 1. The van der Waals surface area contributed by atoms with Crippen LogP contribution in [0.15, 0.2) is 54.7 Å². The number of rotatable bonds is 5. The van der Waals surface area contributed by atoms with Gasteiger partial charge < -0.3 is 15.2 Å². The normalized spacial score (nSPS) is 17.1. The van der Waals surface area contributed by atoms with Crippen LogP contribution in [0.1, 0.15) is 24.0 Å². The number of hydrogen-bond acceptors (Lipinski definition) is 2. The molecular formula is C22H22F3N3O. The highest BCUT2D eigenvalue weighted by atomic mass is 19.4. The number of amides is 1. The third kappa shape index (κ3) is 4.23. The number of alkyl halides is 3. The number of nitrogens with one attached hydrogen (secondary N) is 2. The number of halogens is 3. The van der Waals surface area contributed by atoms with Crippen LogP contribution in [-0.2, 0) is 17.4 Å². The first-order valence-electron chi connectivity index (χ1n) is 9.67. The van der Waals surface area contributed by atoms with Crippen LogP contribution in [0.2, 0.25) is 0 Å². The quantitative estimate of drug-likeness (QED) is 0.661. The molecule has 1 aliphatic rings. The van der Waals surface area contributed by atoms with E-state index >= 15 is 0 Å². The Morgan fingerprint density at radius 1 is 1.14 bits per heavy atom. The van der Waals surface area contributed by atoms with Gasteiger partial charge in [0.2, 0.25) is 5.91 Å². The molecule has 0 bridgehead atoms. The fourth-order valence-corrected chi connectivity index (χ4v) is 3.97. The molecule has 2 N–H and O–H groups in total. The molecule has 4 rings (SSSR count). The van der Waals surface area contributed by atoms with Crippen molar-refractivity contribution in [3.63, 3.8) is 0 Å². The molecule has 7 heteroatoms. The molecule has 1 saturated heterocycles. The second-order valence-electron chi connectivity index (χ2n) is 7.37. The van der Waals surface area contributed by atoms with Gasteiger partial charge in [-0.05, 0) is 48.7 Å². The van der Waals surface area contributed by atoms with Crippen molar-refractivity contribution in [1.82, 2.24) is 10.3 Å². The van der Waals surface area contributed by atoms with E-state index in [1.165, 1.54) is 12.1 Å². The van der Waals surface area contributed by atoms with Gasteiger partial charge in [-0.15, -0.1) is 0 Å². The number of anilines is 1. The van der Waals surface area contributed by atoms with Gasteiger partial charge in [0.05, 0.1) is 12.0 Å². The number of fused-ring (bicyclic) bond motifs is 1. The predicted molar refractivity (Wildman–Crippen MR) is 107 cm³/mol. The Balaban J connectivity index is 1.37. The molecule has 2 aromatic carbocycles. The van der Waals surface area contributed by atoms with Crippen molar-refractivity contribution in [2.45, 2.75) is 31.5 Å². The number of H-pyrrole nitrogens is 1. The van der Waals surface area contributed by atoms with E-state index in [1.807, 2.05) is 30.5 Å². The first kappa shape index (κ1) is 19.4. The average Bonchev–Trinajstić information content (AvgIpc) is 3.33. The number of carbonyl (C=O) groups is 1. The Bertz CT molecular complexity index is 994. The number of para-hydroxylation sites is 1. The monoisotopic (exact) mass is 401 g/mol. The van der Waals surface area contributed by atoms with Crippen LogP contribution in [0.5, 0.6) is 0 Å². The summed E-state index contributed by atoms with van der Waals surface area (Å²) in [6.07, 6.45) is -0.344. The lowest BCUT2D eigenvalue weighted by Gasteiger charge is -2.27. The van der Waals surface area contributed by atoms with E-state index in [-0.39, 0.29) is 18.4 Å². The zero-order chi connectivity index (χ0) is 20.4. The molecule has 1 aromatic heterocycles. The predicted octanol–water partition coefficient (Wildman–Crippen LogP) is 4.51. The molecule has 1 unspecified atom stereocenters. The van der Waals surface area contributed by atoms with E-state index in [4.69, 9.17) is 0 Å². The van der Waals surface area contributed by atoms with Gasteiger partial charge in [-0.2, -0.15) is 13.2 Å².